The number of aromatic nitrogens is 2. The summed E-state index contributed by atoms with van der Waals surface area (Å²) in [4.78, 5) is 8.66. The number of nitrogens with one attached hydrogen (secondary N) is 1. The van der Waals surface area contributed by atoms with Gasteiger partial charge in [-0.25, -0.2) is 9.97 Å². The molecule has 3 rings (SSSR count). The Hall–Kier alpha value is -1.84. The molecule has 0 radical (unpaired) electrons. The lowest BCUT2D eigenvalue weighted by molar-refractivity contribution is 0.361. The molecule has 4 nitrogen and oxygen atoms in total. The molecule has 1 heterocycles. The van der Waals surface area contributed by atoms with Gasteiger partial charge in [0.15, 0.2) is 0 Å². The van der Waals surface area contributed by atoms with Crippen molar-refractivity contribution in [3.05, 3.63) is 24.5 Å². The van der Waals surface area contributed by atoms with E-state index in [9.17, 15) is 0 Å². The molecule has 1 aliphatic carbocycles. The van der Waals surface area contributed by atoms with E-state index in [1.54, 1.807) is 6.33 Å². The molecular formula is C15H20N4. The maximum Gasteiger partial charge on any atom is 0.137 e. The summed E-state index contributed by atoms with van der Waals surface area (Å²) < 4.78 is 0. The number of nitrogens with zero attached hydrogens (tertiary/aromatic N) is 2. The molecule has 0 bridgehead atoms. The fraction of sp³-hybridized carbons (Fsp3) is 0.467. The lowest BCUT2D eigenvalue weighted by Crippen LogP contribution is -2.25. The van der Waals surface area contributed by atoms with E-state index >= 15 is 0 Å². The third kappa shape index (κ3) is 2.62. The summed E-state index contributed by atoms with van der Waals surface area (Å²) in [7, 11) is 0. The van der Waals surface area contributed by atoms with E-state index in [2.05, 4.69) is 22.2 Å². The first-order valence-electron chi connectivity index (χ1n) is 6.99. The molecule has 0 spiro atoms. The van der Waals surface area contributed by atoms with Crippen LogP contribution < -0.4 is 11.1 Å². The van der Waals surface area contributed by atoms with Gasteiger partial charge < -0.3 is 11.1 Å². The highest BCUT2D eigenvalue weighted by Crippen LogP contribution is 2.28. The van der Waals surface area contributed by atoms with E-state index < -0.39 is 0 Å². The number of benzene rings is 1. The number of hydrogen-bond acceptors (Lipinski definition) is 4. The summed E-state index contributed by atoms with van der Waals surface area (Å²) >= 11 is 0. The highest BCUT2D eigenvalue weighted by molar-refractivity contribution is 5.91. The number of nitrogen functional groups attached to an aromatic ring is 1. The molecule has 1 aromatic heterocycles. The molecule has 100 valence electrons. The van der Waals surface area contributed by atoms with Gasteiger partial charge in [0.1, 0.15) is 12.1 Å². The highest BCUT2D eigenvalue weighted by atomic mass is 15.0. The Kier molecular flexibility index (Phi) is 3.23. The Bertz CT molecular complexity index is 573. The molecule has 1 saturated carbocycles. The zero-order valence-corrected chi connectivity index (χ0v) is 11.3. The van der Waals surface area contributed by atoms with Gasteiger partial charge in [0.05, 0.1) is 5.52 Å². The van der Waals surface area contributed by atoms with E-state index in [0.29, 0.717) is 6.04 Å². The van der Waals surface area contributed by atoms with Crippen LogP contribution in [0.5, 0.6) is 0 Å². The molecule has 1 fully saturated rings. The molecule has 3 N–H and O–H groups in total. The van der Waals surface area contributed by atoms with Crippen LogP contribution in [-0.2, 0) is 0 Å². The van der Waals surface area contributed by atoms with Crippen molar-refractivity contribution in [2.45, 2.75) is 38.6 Å². The van der Waals surface area contributed by atoms with Crippen LogP contribution in [0, 0.1) is 5.92 Å². The van der Waals surface area contributed by atoms with Crippen molar-refractivity contribution in [2.24, 2.45) is 5.92 Å². The first-order valence-corrected chi connectivity index (χ1v) is 6.99. The van der Waals surface area contributed by atoms with Crippen LogP contribution in [-0.4, -0.2) is 16.0 Å². The number of hydrogen-bond donors (Lipinski definition) is 2. The van der Waals surface area contributed by atoms with Gasteiger partial charge in [-0.2, -0.15) is 0 Å². The van der Waals surface area contributed by atoms with E-state index in [-0.39, 0.29) is 0 Å². The van der Waals surface area contributed by atoms with Crippen molar-refractivity contribution in [1.29, 1.82) is 0 Å². The van der Waals surface area contributed by atoms with Crippen molar-refractivity contribution in [3.63, 3.8) is 0 Å². The second-order valence-corrected chi connectivity index (χ2v) is 5.60. The molecule has 4 heteroatoms. The van der Waals surface area contributed by atoms with Crippen molar-refractivity contribution in [3.8, 4) is 0 Å². The molecule has 1 aromatic carbocycles. The molecule has 19 heavy (non-hydrogen) atoms. The van der Waals surface area contributed by atoms with Gasteiger partial charge in [-0.3, -0.25) is 0 Å². The van der Waals surface area contributed by atoms with E-state index in [1.165, 1.54) is 25.7 Å². The van der Waals surface area contributed by atoms with E-state index in [4.69, 9.17) is 5.73 Å². The van der Waals surface area contributed by atoms with Crippen molar-refractivity contribution < 1.29 is 0 Å². The molecule has 0 atom stereocenters. The summed E-state index contributed by atoms with van der Waals surface area (Å²) in [5.41, 5.74) is 7.55. The first kappa shape index (κ1) is 12.2. The molecular weight excluding hydrogens is 236 g/mol. The number of fused-ring (bicyclic) bond motifs is 1. The van der Waals surface area contributed by atoms with Crippen molar-refractivity contribution in [1.82, 2.24) is 9.97 Å². The molecule has 0 saturated heterocycles. The zero-order chi connectivity index (χ0) is 13.2. The summed E-state index contributed by atoms with van der Waals surface area (Å²) in [5, 5.41) is 4.58. The number of nitrogens with two attached hydrogens (primary N) is 1. The topological polar surface area (TPSA) is 63.8 Å². The van der Waals surface area contributed by atoms with Crippen LogP contribution in [0.15, 0.2) is 24.5 Å². The normalized spacial score (nSPS) is 23.4. The Morgan fingerprint density at radius 2 is 1.95 bits per heavy atom. The molecule has 1 aliphatic rings. The van der Waals surface area contributed by atoms with Gasteiger partial charge in [0.25, 0.3) is 0 Å². The van der Waals surface area contributed by atoms with Crippen LogP contribution in [0.3, 0.4) is 0 Å². The van der Waals surface area contributed by atoms with Crippen LogP contribution in [0.25, 0.3) is 10.9 Å². The summed E-state index contributed by atoms with van der Waals surface area (Å²) in [5.74, 6) is 1.77. The fourth-order valence-corrected chi connectivity index (χ4v) is 2.79. The molecule has 2 aromatic rings. The Balaban J connectivity index is 1.86. The average Bonchev–Trinajstić information content (AvgIpc) is 2.42. The summed E-state index contributed by atoms with van der Waals surface area (Å²) in [6.07, 6.45) is 6.64. The van der Waals surface area contributed by atoms with Crippen LogP contribution in [0.1, 0.15) is 32.6 Å². The maximum absolute atomic E-state index is 5.86. The van der Waals surface area contributed by atoms with Crippen LogP contribution in [0.4, 0.5) is 11.5 Å². The zero-order valence-electron chi connectivity index (χ0n) is 11.3. The smallest absolute Gasteiger partial charge is 0.137 e. The van der Waals surface area contributed by atoms with Crippen LogP contribution in [0.2, 0.25) is 0 Å². The van der Waals surface area contributed by atoms with Gasteiger partial charge in [-0.1, -0.05) is 6.92 Å². The summed E-state index contributed by atoms with van der Waals surface area (Å²) in [6, 6.07) is 6.29. The Morgan fingerprint density at radius 1 is 1.16 bits per heavy atom. The van der Waals surface area contributed by atoms with Crippen LogP contribution >= 0.6 is 0 Å². The predicted molar refractivity (Wildman–Crippen MR) is 79.0 cm³/mol. The average molecular weight is 256 g/mol. The van der Waals surface area contributed by atoms with Gasteiger partial charge in [0.2, 0.25) is 0 Å². The minimum atomic E-state index is 0.524. The van der Waals surface area contributed by atoms with E-state index in [0.717, 1.165) is 28.3 Å². The molecule has 0 amide bonds. The maximum atomic E-state index is 5.86. The standard InChI is InChI=1S/C15H20N4/c1-10-2-5-12(6-3-10)19-15-13-8-11(16)4-7-14(13)17-9-18-15/h4,7-10,12H,2-3,5-6,16H2,1H3,(H,17,18,19). The Labute approximate surface area is 113 Å². The minimum absolute atomic E-state index is 0.524. The SMILES string of the molecule is CC1CCC(Nc2ncnc3ccc(N)cc23)CC1. The highest BCUT2D eigenvalue weighted by Gasteiger charge is 2.19. The van der Waals surface area contributed by atoms with Crippen molar-refractivity contribution in [2.75, 3.05) is 11.1 Å². The quantitative estimate of drug-likeness (QED) is 0.810. The third-order valence-corrected chi connectivity index (χ3v) is 4.02. The number of anilines is 2. The van der Waals surface area contributed by atoms with Gasteiger partial charge in [-0.05, 0) is 49.8 Å². The minimum Gasteiger partial charge on any atom is -0.399 e. The van der Waals surface area contributed by atoms with E-state index in [1.807, 2.05) is 18.2 Å². The lowest BCUT2D eigenvalue weighted by atomic mass is 9.87. The molecule has 0 unspecified atom stereocenters. The predicted octanol–water partition coefficient (Wildman–Crippen LogP) is 3.20. The van der Waals surface area contributed by atoms with Crippen molar-refractivity contribution >= 4 is 22.4 Å². The summed E-state index contributed by atoms with van der Waals surface area (Å²) in [6.45, 7) is 2.33. The monoisotopic (exact) mass is 256 g/mol. The molecule has 0 aliphatic heterocycles. The second-order valence-electron chi connectivity index (χ2n) is 5.60. The lowest BCUT2D eigenvalue weighted by Gasteiger charge is -2.27. The van der Waals surface area contributed by atoms with Gasteiger partial charge in [0, 0.05) is 17.1 Å². The van der Waals surface area contributed by atoms with Gasteiger partial charge in [-0.15, -0.1) is 0 Å². The third-order valence-electron chi connectivity index (χ3n) is 4.02. The second kappa shape index (κ2) is 5.03. The first-order chi connectivity index (χ1) is 9.22. The van der Waals surface area contributed by atoms with Gasteiger partial charge >= 0.3 is 0 Å². The fourth-order valence-electron chi connectivity index (χ4n) is 2.79. The Morgan fingerprint density at radius 3 is 2.74 bits per heavy atom. The largest absolute Gasteiger partial charge is 0.399 e. The number of rotatable bonds is 2.